The number of pyridine rings is 1. The molecule has 0 radical (unpaired) electrons. The summed E-state index contributed by atoms with van der Waals surface area (Å²) in [6, 6.07) is 3.45. The molecule has 8 heteroatoms. The molecule has 2 rings (SSSR count). The van der Waals surface area contributed by atoms with Crippen LogP contribution in [-0.2, 0) is 0 Å². The van der Waals surface area contributed by atoms with Crippen LogP contribution in [0.15, 0.2) is 37.1 Å². The zero-order valence-corrected chi connectivity index (χ0v) is 14.6. The Morgan fingerprint density at radius 3 is 2.78 bits per heavy atom. The number of rotatable bonds is 7. The standard InChI is InChI=1S/C15H21N5O.2ClH/c1-2-3-4-13(10-16)19-15(21)12-5-6-18-14(9-12)20-8-7-17-11-20;;/h5-9,11,13H,2-4,10,16H2,1H3,(H,19,21);2*1H. The fourth-order valence-corrected chi connectivity index (χ4v) is 2.06. The molecule has 2 heterocycles. The average molecular weight is 360 g/mol. The molecule has 0 fully saturated rings. The summed E-state index contributed by atoms with van der Waals surface area (Å²) in [6.07, 6.45) is 9.77. The lowest BCUT2D eigenvalue weighted by atomic mass is 10.1. The lowest BCUT2D eigenvalue weighted by molar-refractivity contribution is 0.0935. The van der Waals surface area contributed by atoms with Crippen molar-refractivity contribution in [2.75, 3.05) is 6.54 Å². The summed E-state index contributed by atoms with van der Waals surface area (Å²) < 4.78 is 1.76. The summed E-state index contributed by atoms with van der Waals surface area (Å²) in [6.45, 7) is 2.57. The Morgan fingerprint density at radius 2 is 2.17 bits per heavy atom. The van der Waals surface area contributed by atoms with Crippen molar-refractivity contribution >= 4 is 30.7 Å². The van der Waals surface area contributed by atoms with E-state index in [4.69, 9.17) is 5.73 Å². The molecule has 2 aromatic heterocycles. The van der Waals surface area contributed by atoms with Gasteiger partial charge in [0.1, 0.15) is 12.1 Å². The molecule has 0 saturated heterocycles. The fraction of sp³-hybridized carbons (Fsp3) is 0.400. The maximum absolute atomic E-state index is 12.3. The molecular formula is C15H23Cl2N5O. The monoisotopic (exact) mass is 359 g/mol. The highest BCUT2D eigenvalue weighted by molar-refractivity contribution is 5.94. The number of halogens is 2. The van der Waals surface area contributed by atoms with Crippen LogP contribution in [0.3, 0.4) is 0 Å². The topological polar surface area (TPSA) is 85.8 Å². The molecule has 0 aromatic carbocycles. The SMILES string of the molecule is CCCCC(CN)NC(=O)c1ccnc(-n2ccnc2)c1.Cl.Cl. The van der Waals surface area contributed by atoms with Crippen molar-refractivity contribution in [1.82, 2.24) is 19.9 Å². The summed E-state index contributed by atoms with van der Waals surface area (Å²) in [5.41, 5.74) is 6.28. The van der Waals surface area contributed by atoms with Crippen LogP contribution in [0, 0.1) is 0 Å². The predicted octanol–water partition coefficient (Wildman–Crippen LogP) is 2.36. The minimum absolute atomic E-state index is 0. The van der Waals surface area contributed by atoms with Gasteiger partial charge in [-0.1, -0.05) is 19.8 Å². The average Bonchev–Trinajstić information content (AvgIpc) is 3.05. The molecule has 2 aromatic rings. The first-order chi connectivity index (χ1) is 10.2. The number of imidazole rings is 1. The van der Waals surface area contributed by atoms with Crippen LogP contribution >= 0.6 is 24.8 Å². The Hall–Kier alpha value is -1.63. The van der Waals surface area contributed by atoms with Gasteiger partial charge in [-0.05, 0) is 18.6 Å². The van der Waals surface area contributed by atoms with Crippen molar-refractivity contribution in [1.29, 1.82) is 0 Å². The van der Waals surface area contributed by atoms with Crippen molar-refractivity contribution in [3.63, 3.8) is 0 Å². The normalized spacial score (nSPS) is 11.0. The Labute approximate surface area is 148 Å². The van der Waals surface area contributed by atoms with Crippen LogP contribution < -0.4 is 11.1 Å². The summed E-state index contributed by atoms with van der Waals surface area (Å²) in [5.74, 6) is 0.545. The van der Waals surface area contributed by atoms with Gasteiger partial charge in [0.05, 0.1) is 0 Å². The van der Waals surface area contributed by atoms with Gasteiger partial charge in [-0.3, -0.25) is 9.36 Å². The number of aromatic nitrogens is 3. The third-order valence-corrected chi connectivity index (χ3v) is 3.30. The maximum atomic E-state index is 12.3. The molecule has 1 unspecified atom stereocenters. The van der Waals surface area contributed by atoms with E-state index < -0.39 is 0 Å². The van der Waals surface area contributed by atoms with E-state index in [0.717, 1.165) is 19.3 Å². The summed E-state index contributed by atoms with van der Waals surface area (Å²) >= 11 is 0. The van der Waals surface area contributed by atoms with Crippen LogP contribution in [0.2, 0.25) is 0 Å². The molecule has 0 saturated carbocycles. The van der Waals surface area contributed by atoms with E-state index in [1.807, 2.05) is 0 Å². The van der Waals surface area contributed by atoms with Crippen LogP contribution in [0.5, 0.6) is 0 Å². The van der Waals surface area contributed by atoms with Gasteiger partial charge in [0.25, 0.3) is 5.91 Å². The second-order valence-electron chi connectivity index (χ2n) is 4.92. The van der Waals surface area contributed by atoms with Gasteiger partial charge < -0.3 is 11.1 Å². The molecule has 1 atom stereocenters. The number of unbranched alkanes of at least 4 members (excludes halogenated alkanes) is 1. The van der Waals surface area contributed by atoms with Crippen molar-refractivity contribution < 1.29 is 4.79 Å². The quantitative estimate of drug-likeness (QED) is 0.794. The zero-order valence-electron chi connectivity index (χ0n) is 13.0. The number of nitrogens with two attached hydrogens (primary N) is 1. The van der Waals surface area contributed by atoms with Gasteiger partial charge in [0.2, 0.25) is 0 Å². The van der Waals surface area contributed by atoms with Gasteiger partial charge in [0, 0.05) is 36.7 Å². The molecule has 0 aliphatic carbocycles. The predicted molar refractivity (Wildman–Crippen MR) is 95.7 cm³/mol. The van der Waals surface area contributed by atoms with Crippen molar-refractivity contribution in [2.24, 2.45) is 5.73 Å². The Balaban J connectivity index is 0.00000242. The largest absolute Gasteiger partial charge is 0.348 e. The third kappa shape index (κ3) is 6.17. The van der Waals surface area contributed by atoms with E-state index >= 15 is 0 Å². The van der Waals surface area contributed by atoms with E-state index in [9.17, 15) is 4.79 Å². The van der Waals surface area contributed by atoms with E-state index in [1.165, 1.54) is 0 Å². The molecule has 1 amide bonds. The molecule has 0 spiro atoms. The minimum Gasteiger partial charge on any atom is -0.348 e. The summed E-state index contributed by atoms with van der Waals surface area (Å²) in [7, 11) is 0. The summed E-state index contributed by atoms with van der Waals surface area (Å²) in [4.78, 5) is 20.5. The minimum atomic E-state index is -0.120. The van der Waals surface area contributed by atoms with Crippen LogP contribution in [0.1, 0.15) is 36.5 Å². The lowest BCUT2D eigenvalue weighted by Gasteiger charge is -2.16. The molecule has 3 N–H and O–H groups in total. The highest BCUT2D eigenvalue weighted by Crippen LogP contribution is 2.08. The Morgan fingerprint density at radius 1 is 1.39 bits per heavy atom. The van der Waals surface area contributed by atoms with Gasteiger partial charge in [-0.2, -0.15) is 0 Å². The molecule has 0 aliphatic heterocycles. The van der Waals surface area contributed by atoms with E-state index in [0.29, 0.717) is 17.9 Å². The zero-order chi connectivity index (χ0) is 15.1. The number of carbonyl (C=O) groups excluding carboxylic acids is 1. The lowest BCUT2D eigenvalue weighted by Crippen LogP contribution is -2.40. The van der Waals surface area contributed by atoms with Gasteiger partial charge in [0.15, 0.2) is 0 Å². The van der Waals surface area contributed by atoms with Gasteiger partial charge in [-0.25, -0.2) is 9.97 Å². The van der Waals surface area contributed by atoms with Crippen molar-refractivity contribution in [3.8, 4) is 5.82 Å². The number of carbonyl (C=O) groups is 1. The highest BCUT2D eigenvalue weighted by atomic mass is 35.5. The Kier molecular flexibility index (Phi) is 10.2. The molecular weight excluding hydrogens is 337 g/mol. The second kappa shape index (κ2) is 11.0. The van der Waals surface area contributed by atoms with Gasteiger partial charge in [-0.15, -0.1) is 24.8 Å². The van der Waals surface area contributed by atoms with Gasteiger partial charge >= 0.3 is 0 Å². The second-order valence-corrected chi connectivity index (χ2v) is 4.92. The molecule has 128 valence electrons. The third-order valence-electron chi connectivity index (χ3n) is 3.30. The van der Waals surface area contributed by atoms with Crippen molar-refractivity contribution in [3.05, 3.63) is 42.6 Å². The molecule has 6 nitrogen and oxygen atoms in total. The number of amides is 1. The maximum Gasteiger partial charge on any atom is 0.251 e. The first-order valence-corrected chi connectivity index (χ1v) is 7.20. The van der Waals surface area contributed by atoms with E-state index in [2.05, 4.69) is 22.2 Å². The highest BCUT2D eigenvalue weighted by Gasteiger charge is 2.13. The first kappa shape index (κ1) is 21.4. The molecule has 0 bridgehead atoms. The number of hydrogen-bond donors (Lipinski definition) is 2. The number of nitrogens with one attached hydrogen (secondary N) is 1. The molecule has 0 aliphatic rings. The van der Waals surface area contributed by atoms with Crippen LogP contribution in [0.25, 0.3) is 5.82 Å². The van der Waals surface area contributed by atoms with Crippen LogP contribution in [0.4, 0.5) is 0 Å². The Bertz CT molecular complexity index is 577. The number of nitrogens with zero attached hydrogens (tertiary/aromatic N) is 3. The van der Waals surface area contributed by atoms with Crippen molar-refractivity contribution in [2.45, 2.75) is 32.2 Å². The number of hydrogen-bond acceptors (Lipinski definition) is 4. The summed E-state index contributed by atoms with van der Waals surface area (Å²) in [5, 5.41) is 2.97. The van der Waals surface area contributed by atoms with Crippen LogP contribution in [-0.4, -0.2) is 33.0 Å². The first-order valence-electron chi connectivity index (χ1n) is 7.20. The van der Waals surface area contributed by atoms with E-state index in [1.54, 1.807) is 41.6 Å². The fourth-order valence-electron chi connectivity index (χ4n) is 2.06. The van der Waals surface area contributed by atoms with E-state index in [-0.39, 0.29) is 36.8 Å². The molecule has 23 heavy (non-hydrogen) atoms. The smallest absolute Gasteiger partial charge is 0.251 e.